The van der Waals surface area contributed by atoms with Crippen LogP contribution in [-0.2, 0) is 15.9 Å². The van der Waals surface area contributed by atoms with Crippen LogP contribution in [0.15, 0.2) is 16.9 Å². The van der Waals surface area contributed by atoms with Crippen molar-refractivity contribution >= 4 is 28.5 Å². The molecule has 0 radical (unpaired) electrons. The Morgan fingerprint density at radius 3 is 2.33 bits per heavy atom. The summed E-state index contributed by atoms with van der Waals surface area (Å²) < 4.78 is 12.8. The van der Waals surface area contributed by atoms with Gasteiger partial charge >= 0.3 is 7.12 Å². The number of hydrogen-bond donors (Lipinski definition) is 1. The molecule has 98 valence electrons. The molecular weight excluding hydrogens is 295 g/mol. The minimum Gasteiger partial charge on any atom is -0.399 e. The van der Waals surface area contributed by atoms with Crippen LogP contribution >= 0.6 is 15.9 Å². The topological polar surface area (TPSA) is 57.4 Å². The van der Waals surface area contributed by atoms with Gasteiger partial charge in [-0.3, -0.25) is 0 Å². The summed E-state index contributed by atoms with van der Waals surface area (Å²) in [5.74, 6) is 0. The molecular formula is C12H18BBrN2O2. The maximum atomic E-state index is 6.03. The first kappa shape index (κ1) is 14.0. The minimum atomic E-state index is -0.434. The van der Waals surface area contributed by atoms with Crippen LogP contribution in [0.2, 0.25) is 0 Å². The maximum Gasteiger partial charge on any atom is 0.497 e. The highest BCUT2D eigenvalue weighted by Crippen LogP contribution is 2.37. The van der Waals surface area contributed by atoms with Crippen LogP contribution in [0.4, 0.5) is 0 Å². The van der Waals surface area contributed by atoms with Crippen molar-refractivity contribution in [1.82, 2.24) is 4.98 Å². The lowest BCUT2D eigenvalue weighted by Crippen LogP contribution is -2.41. The number of hydrogen-bond acceptors (Lipinski definition) is 4. The van der Waals surface area contributed by atoms with E-state index in [2.05, 4.69) is 20.9 Å². The molecule has 4 nitrogen and oxygen atoms in total. The third-order valence-corrected chi connectivity index (χ3v) is 4.37. The Bertz CT molecular complexity index is 449. The van der Waals surface area contributed by atoms with E-state index in [9.17, 15) is 0 Å². The Hall–Kier alpha value is -0.425. The molecule has 1 aromatic rings. The first-order valence-corrected chi connectivity index (χ1v) is 6.77. The third kappa shape index (κ3) is 2.22. The summed E-state index contributed by atoms with van der Waals surface area (Å²) >= 11 is 3.45. The number of aromatic nitrogens is 1. The van der Waals surface area contributed by atoms with E-state index in [0.717, 1.165) is 15.6 Å². The van der Waals surface area contributed by atoms with Gasteiger partial charge in [0.05, 0.1) is 11.2 Å². The predicted octanol–water partition coefficient (Wildman–Crippen LogP) is 1.60. The van der Waals surface area contributed by atoms with Gasteiger partial charge < -0.3 is 15.0 Å². The number of halogens is 1. The van der Waals surface area contributed by atoms with Crippen LogP contribution < -0.4 is 11.2 Å². The predicted molar refractivity (Wildman–Crippen MR) is 75.5 cm³/mol. The van der Waals surface area contributed by atoms with E-state index < -0.39 is 7.12 Å². The Kier molecular flexibility index (Phi) is 3.57. The van der Waals surface area contributed by atoms with E-state index >= 15 is 0 Å². The van der Waals surface area contributed by atoms with Crippen LogP contribution in [0.25, 0.3) is 0 Å². The van der Waals surface area contributed by atoms with E-state index in [1.165, 1.54) is 0 Å². The molecule has 0 unspecified atom stereocenters. The quantitative estimate of drug-likeness (QED) is 0.666. The number of nitrogens with two attached hydrogens (primary N) is 1. The van der Waals surface area contributed by atoms with Crippen molar-refractivity contribution in [3.8, 4) is 0 Å². The van der Waals surface area contributed by atoms with Crippen LogP contribution in [0.5, 0.6) is 0 Å². The fourth-order valence-electron chi connectivity index (χ4n) is 1.87. The zero-order chi connectivity index (χ0) is 13.6. The van der Waals surface area contributed by atoms with E-state index in [0.29, 0.717) is 6.54 Å². The molecule has 0 amide bonds. The molecule has 1 saturated heterocycles. The van der Waals surface area contributed by atoms with Crippen molar-refractivity contribution in [3.05, 3.63) is 22.4 Å². The zero-order valence-corrected chi connectivity index (χ0v) is 12.7. The van der Waals surface area contributed by atoms with E-state index in [1.54, 1.807) is 6.20 Å². The molecule has 2 heterocycles. The summed E-state index contributed by atoms with van der Waals surface area (Å²) in [6.45, 7) is 8.54. The van der Waals surface area contributed by atoms with Crippen molar-refractivity contribution in [1.29, 1.82) is 0 Å². The highest BCUT2D eigenvalue weighted by molar-refractivity contribution is 9.10. The second-order valence-electron chi connectivity index (χ2n) is 5.47. The Labute approximate surface area is 117 Å². The highest BCUT2D eigenvalue weighted by Gasteiger charge is 2.52. The van der Waals surface area contributed by atoms with Gasteiger partial charge in [0.2, 0.25) is 0 Å². The van der Waals surface area contributed by atoms with Gasteiger partial charge in [0, 0.05) is 18.2 Å². The van der Waals surface area contributed by atoms with Crippen molar-refractivity contribution in [3.63, 3.8) is 0 Å². The van der Waals surface area contributed by atoms with Crippen molar-refractivity contribution in [2.45, 2.75) is 45.4 Å². The molecule has 0 aliphatic carbocycles. The SMILES string of the molecule is CC1(C)OB(c2c(CN)ccnc2Br)OC1(C)C. The lowest BCUT2D eigenvalue weighted by molar-refractivity contribution is 0.00578. The molecule has 1 fully saturated rings. The molecule has 1 aliphatic rings. The summed E-state index contributed by atoms with van der Waals surface area (Å²) in [7, 11) is -0.434. The summed E-state index contributed by atoms with van der Waals surface area (Å²) in [5, 5.41) is 0. The lowest BCUT2D eigenvalue weighted by Gasteiger charge is -2.32. The zero-order valence-electron chi connectivity index (χ0n) is 11.2. The summed E-state index contributed by atoms with van der Waals surface area (Å²) in [5.41, 5.74) is 6.91. The molecule has 0 aromatic carbocycles. The van der Waals surface area contributed by atoms with Gasteiger partial charge in [-0.15, -0.1) is 0 Å². The van der Waals surface area contributed by atoms with Gasteiger partial charge in [-0.05, 0) is 55.3 Å². The number of rotatable bonds is 2. The monoisotopic (exact) mass is 312 g/mol. The van der Waals surface area contributed by atoms with E-state index in [-0.39, 0.29) is 11.2 Å². The van der Waals surface area contributed by atoms with Gasteiger partial charge in [-0.2, -0.15) is 0 Å². The molecule has 1 aromatic heterocycles. The fraction of sp³-hybridized carbons (Fsp3) is 0.583. The standard InChI is InChI=1S/C12H18BBrN2O2/c1-11(2)12(3,4)18-13(17-11)9-8(7-15)5-6-16-10(9)14/h5-6H,7,15H2,1-4H3. The summed E-state index contributed by atoms with van der Waals surface area (Å²) in [6, 6.07) is 1.89. The number of nitrogens with zero attached hydrogens (tertiary/aromatic N) is 1. The maximum absolute atomic E-state index is 6.03. The molecule has 1 aliphatic heterocycles. The normalized spacial score (nSPS) is 21.3. The highest BCUT2D eigenvalue weighted by atomic mass is 79.9. The Balaban J connectivity index is 2.41. The first-order valence-electron chi connectivity index (χ1n) is 5.97. The molecule has 0 spiro atoms. The van der Waals surface area contributed by atoms with E-state index in [4.69, 9.17) is 15.0 Å². The van der Waals surface area contributed by atoms with Crippen LogP contribution in [-0.4, -0.2) is 23.3 Å². The second kappa shape index (κ2) is 4.60. The Morgan fingerprint density at radius 2 is 1.83 bits per heavy atom. The smallest absolute Gasteiger partial charge is 0.399 e. The molecule has 0 bridgehead atoms. The van der Waals surface area contributed by atoms with Crippen molar-refractivity contribution in [2.75, 3.05) is 0 Å². The summed E-state index contributed by atoms with van der Waals surface area (Å²) in [4.78, 5) is 4.23. The number of pyridine rings is 1. The average molecular weight is 313 g/mol. The summed E-state index contributed by atoms with van der Waals surface area (Å²) in [6.07, 6.45) is 1.72. The van der Waals surface area contributed by atoms with Crippen molar-refractivity contribution in [2.24, 2.45) is 5.73 Å². The van der Waals surface area contributed by atoms with Gasteiger partial charge in [0.25, 0.3) is 0 Å². The van der Waals surface area contributed by atoms with Gasteiger partial charge in [0.1, 0.15) is 4.60 Å². The largest absolute Gasteiger partial charge is 0.497 e. The second-order valence-corrected chi connectivity index (χ2v) is 6.22. The first-order chi connectivity index (χ1) is 8.28. The molecule has 2 N–H and O–H groups in total. The fourth-order valence-corrected chi connectivity index (χ4v) is 2.43. The Morgan fingerprint density at radius 1 is 1.28 bits per heavy atom. The van der Waals surface area contributed by atoms with Gasteiger partial charge in [-0.1, -0.05) is 0 Å². The molecule has 2 rings (SSSR count). The van der Waals surface area contributed by atoms with Gasteiger partial charge in [0.15, 0.2) is 0 Å². The third-order valence-electron chi connectivity index (χ3n) is 3.74. The van der Waals surface area contributed by atoms with Gasteiger partial charge in [-0.25, -0.2) is 4.98 Å². The molecule has 0 saturated carbocycles. The lowest BCUT2D eigenvalue weighted by atomic mass is 9.77. The molecule has 18 heavy (non-hydrogen) atoms. The van der Waals surface area contributed by atoms with Crippen molar-refractivity contribution < 1.29 is 9.31 Å². The van der Waals surface area contributed by atoms with Crippen LogP contribution in [0.3, 0.4) is 0 Å². The molecule has 0 atom stereocenters. The minimum absolute atomic E-state index is 0.362. The van der Waals surface area contributed by atoms with Crippen LogP contribution in [0, 0.1) is 0 Å². The molecule has 6 heteroatoms. The average Bonchev–Trinajstić information content (AvgIpc) is 2.47. The van der Waals surface area contributed by atoms with Crippen LogP contribution in [0.1, 0.15) is 33.3 Å². The van der Waals surface area contributed by atoms with E-state index in [1.807, 2.05) is 33.8 Å².